The van der Waals surface area contributed by atoms with E-state index in [4.69, 9.17) is 0 Å². The summed E-state index contributed by atoms with van der Waals surface area (Å²) < 4.78 is 4.27. The Balaban J connectivity index is 3.56. The fraction of sp³-hybridized carbons (Fsp3) is 0.800. The molecule has 42 valence electrons. The minimum Gasteiger partial charge on any atom is -0.334 e. The van der Waals surface area contributed by atoms with Gasteiger partial charge in [0.2, 0.25) is 0 Å². The smallest absolute Gasteiger partial charge is 0.171 e. The van der Waals surface area contributed by atoms with E-state index in [1.54, 1.807) is 0 Å². The van der Waals surface area contributed by atoms with Gasteiger partial charge in [0.15, 0.2) is 8.24 Å². The van der Waals surface area contributed by atoms with E-state index in [1.807, 2.05) is 13.1 Å². The van der Waals surface area contributed by atoms with Crippen LogP contribution in [-0.2, 0) is 0 Å². The van der Waals surface area contributed by atoms with Crippen LogP contribution >= 0.6 is 0 Å². The predicted octanol–water partition coefficient (Wildman–Crippen LogP) is 1.91. The van der Waals surface area contributed by atoms with Gasteiger partial charge < -0.3 is 4.66 Å². The lowest BCUT2D eigenvalue weighted by atomic mass is 10.9. The molecule has 0 saturated heterocycles. The molecular weight excluding hydrogens is 102 g/mol. The normalized spacial score (nSPS) is 13.1. The number of rotatable bonds is 1. The van der Waals surface area contributed by atoms with E-state index in [0.717, 1.165) is 0 Å². The molecule has 0 aromatic heterocycles. The van der Waals surface area contributed by atoms with Gasteiger partial charge in [0.1, 0.15) is 0 Å². The van der Waals surface area contributed by atoms with E-state index in [9.17, 15) is 0 Å². The first kappa shape index (κ1) is 6.89. The molecule has 0 aromatic rings. The van der Waals surface area contributed by atoms with Gasteiger partial charge in [-0.3, -0.25) is 0 Å². The quantitative estimate of drug-likeness (QED) is 0.365. The number of nitrogens with zero attached hydrogens (tertiary/aromatic N) is 1. The van der Waals surface area contributed by atoms with Crippen molar-refractivity contribution in [2.24, 2.45) is 4.66 Å². The zero-order valence-electron chi connectivity index (χ0n) is 5.52. The first-order valence-electron chi connectivity index (χ1n) is 2.56. The third-order valence-electron chi connectivity index (χ3n) is 0.516. The molecule has 0 aliphatic heterocycles. The molecule has 0 radical (unpaired) electrons. The SMILES string of the molecule is C/C=N/[Si](C)(C)C. The fourth-order valence-corrected chi connectivity index (χ4v) is 1.16. The molecule has 0 rings (SSSR count). The summed E-state index contributed by atoms with van der Waals surface area (Å²) in [6, 6.07) is 0. The van der Waals surface area contributed by atoms with Gasteiger partial charge in [0, 0.05) is 0 Å². The molecule has 0 heterocycles. The fourth-order valence-electron chi connectivity index (χ4n) is 0.387. The van der Waals surface area contributed by atoms with Gasteiger partial charge >= 0.3 is 0 Å². The topological polar surface area (TPSA) is 12.4 Å². The van der Waals surface area contributed by atoms with Gasteiger partial charge in [-0.15, -0.1) is 0 Å². The van der Waals surface area contributed by atoms with Crippen molar-refractivity contribution in [2.75, 3.05) is 0 Å². The van der Waals surface area contributed by atoms with Crippen molar-refractivity contribution in [1.82, 2.24) is 0 Å². The Kier molecular flexibility index (Phi) is 2.22. The Bertz CT molecular complexity index is 70.6. The van der Waals surface area contributed by atoms with Crippen LogP contribution < -0.4 is 0 Å². The standard InChI is InChI=1S/C5H13NSi/c1-5-6-7(2,3)4/h5H,1-4H3/b6-5+. The van der Waals surface area contributed by atoms with E-state index in [2.05, 4.69) is 24.3 Å². The lowest BCUT2D eigenvalue weighted by Crippen LogP contribution is -2.15. The molecular formula is C5H13NSi. The number of hydrogen-bond acceptors (Lipinski definition) is 1. The molecule has 2 heteroatoms. The Labute approximate surface area is 46.6 Å². The van der Waals surface area contributed by atoms with Crippen molar-refractivity contribution in [3.05, 3.63) is 0 Å². The van der Waals surface area contributed by atoms with Crippen LogP contribution in [-0.4, -0.2) is 14.5 Å². The lowest BCUT2D eigenvalue weighted by molar-refractivity contribution is 1.57. The van der Waals surface area contributed by atoms with E-state index in [1.165, 1.54) is 0 Å². The van der Waals surface area contributed by atoms with Gasteiger partial charge in [-0.1, -0.05) is 0 Å². The van der Waals surface area contributed by atoms with E-state index >= 15 is 0 Å². The van der Waals surface area contributed by atoms with E-state index < -0.39 is 8.24 Å². The first-order chi connectivity index (χ1) is 3.06. The zero-order chi connectivity index (χ0) is 5.91. The predicted molar refractivity (Wildman–Crippen MR) is 37.5 cm³/mol. The minimum atomic E-state index is -1.09. The monoisotopic (exact) mass is 115 g/mol. The first-order valence-corrected chi connectivity index (χ1v) is 6.01. The van der Waals surface area contributed by atoms with Gasteiger partial charge in [-0.25, -0.2) is 0 Å². The maximum atomic E-state index is 4.27. The molecule has 0 saturated carbocycles. The Morgan fingerprint density at radius 1 is 1.29 bits per heavy atom. The Hall–Kier alpha value is -0.113. The van der Waals surface area contributed by atoms with Crippen LogP contribution in [0.1, 0.15) is 6.92 Å². The van der Waals surface area contributed by atoms with Crippen LogP contribution in [0.25, 0.3) is 0 Å². The lowest BCUT2D eigenvalue weighted by Gasteiger charge is -2.05. The Morgan fingerprint density at radius 3 is 1.71 bits per heavy atom. The summed E-state index contributed by atoms with van der Waals surface area (Å²) in [6.07, 6.45) is 1.90. The molecule has 7 heavy (non-hydrogen) atoms. The van der Waals surface area contributed by atoms with Crippen molar-refractivity contribution in [3.63, 3.8) is 0 Å². The van der Waals surface area contributed by atoms with Crippen molar-refractivity contribution in [3.8, 4) is 0 Å². The zero-order valence-corrected chi connectivity index (χ0v) is 6.52. The highest BCUT2D eigenvalue weighted by molar-refractivity contribution is 6.75. The van der Waals surface area contributed by atoms with Gasteiger partial charge in [0.25, 0.3) is 0 Å². The van der Waals surface area contributed by atoms with Gasteiger partial charge in [-0.2, -0.15) is 0 Å². The van der Waals surface area contributed by atoms with Gasteiger partial charge in [0.05, 0.1) is 0 Å². The summed E-state index contributed by atoms with van der Waals surface area (Å²) in [5.41, 5.74) is 0. The summed E-state index contributed by atoms with van der Waals surface area (Å²) >= 11 is 0. The second kappa shape index (κ2) is 2.26. The highest BCUT2D eigenvalue weighted by Gasteiger charge is 2.07. The maximum Gasteiger partial charge on any atom is 0.171 e. The second-order valence-electron chi connectivity index (χ2n) is 2.56. The van der Waals surface area contributed by atoms with Crippen molar-refractivity contribution in [2.45, 2.75) is 26.6 Å². The highest BCUT2D eigenvalue weighted by atomic mass is 28.3. The van der Waals surface area contributed by atoms with E-state index in [-0.39, 0.29) is 0 Å². The molecule has 0 aliphatic carbocycles. The van der Waals surface area contributed by atoms with Crippen LogP contribution in [0.15, 0.2) is 4.66 Å². The van der Waals surface area contributed by atoms with Gasteiger partial charge in [-0.05, 0) is 32.8 Å². The summed E-state index contributed by atoms with van der Waals surface area (Å²) in [4.78, 5) is 0. The molecule has 0 amide bonds. The molecule has 0 aromatic carbocycles. The third kappa shape index (κ3) is 5.89. The van der Waals surface area contributed by atoms with Crippen LogP contribution in [0.4, 0.5) is 0 Å². The van der Waals surface area contributed by atoms with Crippen LogP contribution in [0.5, 0.6) is 0 Å². The third-order valence-corrected chi connectivity index (χ3v) is 1.55. The molecule has 0 aliphatic rings. The highest BCUT2D eigenvalue weighted by Crippen LogP contribution is 1.98. The largest absolute Gasteiger partial charge is 0.334 e. The average molecular weight is 115 g/mol. The summed E-state index contributed by atoms with van der Waals surface area (Å²) in [5.74, 6) is 0. The average Bonchev–Trinajstić information content (AvgIpc) is 1.30. The molecule has 0 spiro atoms. The molecule has 0 bridgehead atoms. The molecule has 0 atom stereocenters. The summed E-state index contributed by atoms with van der Waals surface area (Å²) in [7, 11) is -1.09. The van der Waals surface area contributed by atoms with Crippen molar-refractivity contribution < 1.29 is 0 Å². The maximum absolute atomic E-state index is 4.27. The molecule has 0 unspecified atom stereocenters. The van der Waals surface area contributed by atoms with Crippen LogP contribution in [0.2, 0.25) is 19.6 Å². The second-order valence-corrected chi connectivity index (χ2v) is 7.16. The van der Waals surface area contributed by atoms with E-state index in [0.29, 0.717) is 0 Å². The van der Waals surface area contributed by atoms with Crippen molar-refractivity contribution in [1.29, 1.82) is 0 Å². The van der Waals surface area contributed by atoms with Crippen LogP contribution in [0.3, 0.4) is 0 Å². The Morgan fingerprint density at radius 2 is 1.71 bits per heavy atom. The molecule has 0 N–H and O–H groups in total. The number of hydrogen-bond donors (Lipinski definition) is 0. The summed E-state index contributed by atoms with van der Waals surface area (Å²) in [5, 5.41) is 0. The molecule has 1 nitrogen and oxygen atoms in total. The molecule has 0 fully saturated rings. The minimum absolute atomic E-state index is 1.09. The summed E-state index contributed by atoms with van der Waals surface area (Å²) in [6.45, 7) is 8.62. The van der Waals surface area contributed by atoms with Crippen molar-refractivity contribution >= 4 is 14.5 Å². The van der Waals surface area contributed by atoms with Crippen LogP contribution in [0, 0.1) is 0 Å².